The monoisotopic (exact) mass is 287 g/mol. The Hall–Kier alpha value is -1.01. The Morgan fingerprint density at radius 3 is 3.00 bits per heavy atom. The van der Waals surface area contributed by atoms with Crippen LogP contribution in [0.5, 0.6) is 0 Å². The van der Waals surface area contributed by atoms with Crippen LogP contribution in [-0.4, -0.2) is 10.2 Å². The zero-order valence-electron chi connectivity index (χ0n) is 7.58. The highest BCUT2D eigenvalue weighted by atomic mass is 79.9. The summed E-state index contributed by atoms with van der Waals surface area (Å²) in [5, 5.41) is 11.4. The zero-order valence-corrected chi connectivity index (χ0v) is 9.98. The van der Waals surface area contributed by atoms with Gasteiger partial charge in [0.25, 0.3) is 0 Å². The molecule has 0 amide bonds. The molecule has 0 saturated heterocycles. The first kappa shape index (κ1) is 10.5. The van der Waals surface area contributed by atoms with Gasteiger partial charge in [-0.3, -0.25) is 0 Å². The van der Waals surface area contributed by atoms with Crippen molar-refractivity contribution < 1.29 is 4.39 Å². The van der Waals surface area contributed by atoms with E-state index in [1.165, 1.54) is 17.4 Å². The summed E-state index contributed by atoms with van der Waals surface area (Å²) in [4.78, 5) is 0. The molecule has 0 atom stereocenters. The summed E-state index contributed by atoms with van der Waals surface area (Å²) < 4.78 is 13.4. The number of anilines is 1. The van der Waals surface area contributed by atoms with Crippen LogP contribution in [0.1, 0.15) is 5.56 Å². The van der Waals surface area contributed by atoms with Crippen molar-refractivity contribution in [2.45, 2.75) is 6.54 Å². The Morgan fingerprint density at radius 2 is 2.33 bits per heavy atom. The molecule has 0 aliphatic heterocycles. The molecule has 78 valence electrons. The summed E-state index contributed by atoms with van der Waals surface area (Å²) in [6.07, 6.45) is 0. The van der Waals surface area contributed by atoms with Crippen LogP contribution in [0.4, 0.5) is 9.52 Å². The maximum Gasteiger partial charge on any atom is 0.205 e. The molecule has 3 nitrogen and oxygen atoms in total. The second kappa shape index (κ2) is 4.67. The fraction of sp³-hybridized carbons (Fsp3) is 0.111. The third-order valence-electron chi connectivity index (χ3n) is 1.79. The third kappa shape index (κ3) is 2.73. The van der Waals surface area contributed by atoms with E-state index in [0.29, 0.717) is 11.0 Å². The lowest BCUT2D eigenvalue weighted by Crippen LogP contribution is -1.99. The molecule has 6 heteroatoms. The number of nitrogens with one attached hydrogen (secondary N) is 1. The molecule has 0 saturated carbocycles. The lowest BCUT2D eigenvalue weighted by Gasteiger charge is -2.03. The lowest BCUT2D eigenvalue weighted by molar-refractivity contribution is 0.620. The Morgan fingerprint density at radius 1 is 1.47 bits per heavy atom. The number of hydrogen-bond donors (Lipinski definition) is 1. The van der Waals surface area contributed by atoms with Gasteiger partial charge in [0.1, 0.15) is 11.3 Å². The summed E-state index contributed by atoms with van der Waals surface area (Å²) in [7, 11) is 0. The number of hydrogen-bond acceptors (Lipinski definition) is 4. The van der Waals surface area contributed by atoms with E-state index in [-0.39, 0.29) is 5.82 Å². The van der Waals surface area contributed by atoms with Crippen molar-refractivity contribution in [1.82, 2.24) is 10.2 Å². The molecule has 15 heavy (non-hydrogen) atoms. The maximum absolute atomic E-state index is 12.9. The first-order valence-corrected chi connectivity index (χ1v) is 5.87. The highest BCUT2D eigenvalue weighted by Gasteiger charge is 2.01. The topological polar surface area (TPSA) is 37.8 Å². The van der Waals surface area contributed by atoms with Crippen molar-refractivity contribution in [2.75, 3.05) is 5.32 Å². The summed E-state index contributed by atoms with van der Waals surface area (Å²) >= 11 is 4.57. The Bertz CT molecular complexity index is 447. The standard InChI is InChI=1S/C9H7BrFN3S/c10-7-3-6(1-2-8(7)11)4-12-9-14-13-5-15-9/h1-3,5H,4H2,(H,12,14). The lowest BCUT2D eigenvalue weighted by atomic mass is 10.2. The first-order chi connectivity index (χ1) is 7.25. The summed E-state index contributed by atoms with van der Waals surface area (Å²) in [6.45, 7) is 0.605. The van der Waals surface area contributed by atoms with Crippen molar-refractivity contribution in [1.29, 1.82) is 0 Å². The maximum atomic E-state index is 12.9. The number of aromatic nitrogens is 2. The average Bonchev–Trinajstić information content (AvgIpc) is 2.73. The minimum absolute atomic E-state index is 0.255. The van der Waals surface area contributed by atoms with Crippen LogP contribution in [0, 0.1) is 5.82 Å². The van der Waals surface area contributed by atoms with Crippen molar-refractivity contribution in [2.24, 2.45) is 0 Å². The number of nitrogens with zero attached hydrogens (tertiary/aromatic N) is 2. The SMILES string of the molecule is Fc1ccc(CNc2nncs2)cc1Br. The summed E-state index contributed by atoms with van der Waals surface area (Å²) in [6, 6.07) is 4.90. The van der Waals surface area contributed by atoms with Gasteiger partial charge in [0.15, 0.2) is 0 Å². The van der Waals surface area contributed by atoms with E-state index in [2.05, 4.69) is 31.4 Å². The van der Waals surface area contributed by atoms with Crippen LogP contribution in [0.2, 0.25) is 0 Å². The molecule has 0 unspecified atom stereocenters. The molecule has 1 N–H and O–H groups in total. The minimum atomic E-state index is -0.255. The van der Waals surface area contributed by atoms with Gasteiger partial charge < -0.3 is 5.32 Å². The fourth-order valence-corrected chi connectivity index (χ4v) is 1.95. The normalized spacial score (nSPS) is 10.3. The van der Waals surface area contributed by atoms with Gasteiger partial charge in [-0.15, -0.1) is 10.2 Å². The van der Waals surface area contributed by atoms with Crippen molar-refractivity contribution in [3.63, 3.8) is 0 Å². The van der Waals surface area contributed by atoms with Crippen LogP contribution < -0.4 is 5.32 Å². The molecule has 0 fully saturated rings. The molecular weight excluding hydrogens is 281 g/mol. The first-order valence-electron chi connectivity index (χ1n) is 4.19. The van der Waals surface area contributed by atoms with Gasteiger partial charge >= 0.3 is 0 Å². The average molecular weight is 288 g/mol. The fourth-order valence-electron chi connectivity index (χ4n) is 1.08. The predicted molar refractivity (Wildman–Crippen MR) is 61.3 cm³/mol. The molecular formula is C9H7BrFN3S. The van der Waals surface area contributed by atoms with E-state index in [9.17, 15) is 4.39 Å². The summed E-state index contributed by atoms with van der Waals surface area (Å²) in [5.74, 6) is -0.255. The van der Waals surface area contributed by atoms with Crippen molar-refractivity contribution >= 4 is 32.4 Å². The van der Waals surface area contributed by atoms with Gasteiger partial charge in [-0.05, 0) is 33.6 Å². The zero-order chi connectivity index (χ0) is 10.7. The molecule has 0 spiro atoms. The van der Waals surface area contributed by atoms with Crippen LogP contribution in [0.15, 0.2) is 28.2 Å². The van der Waals surface area contributed by atoms with E-state index in [0.717, 1.165) is 10.7 Å². The van der Waals surface area contributed by atoms with E-state index < -0.39 is 0 Å². The Labute approximate surface area is 98.5 Å². The van der Waals surface area contributed by atoms with Crippen LogP contribution in [0.25, 0.3) is 0 Å². The number of rotatable bonds is 3. The third-order valence-corrected chi connectivity index (χ3v) is 3.04. The second-order valence-corrected chi connectivity index (χ2v) is 4.53. The molecule has 0 radical (unpaired) electrons. The van der Waals surface area contributed by atoms with Gasteiger partial charge in [-0.25, -0.2) is 4.39 Å². The predicted octanol–water partition coefficient (Wildman–Crippen LogP) is 3.05. The van der Waals surface area contributed by atoms with Gasteiger partial charge in [0.2, 0.25) is 5.13 Å². The molecule has 2 aromatic rings. The van der Waals surface area contributed by atoms with E-state index >= 15 is 0 Å². The molecule has 0 aliphatic carbocycles. The smallest absolute Gasteiger partial charge is 0.205 e. The number of benzene rings is 1. The molecule has 2 rings (SSSR count). The second-order valence-electron chi connectivity index (χ2n) is 2.85. The minimum Gasteiger partial charge on any atom is -0.356 e. The van der Waals surface area contributed by atoms with Gasteiger partial charge in [0, 0.05) is 6.54 Å². The van der Waals surface area contributed by atoms with Crippen molar-refractivity contribution in [3.8, 4) is 0 Å². The van der Waals surface area contributed by atoms with Crippen LogP contribution >= 0.6 is 27.3 Å². The van der Waals surface area contributed by atoms with Gasteiger partial charge in [-0.2, -0.15) is 0 Å². The van der Waals surface area contributed by atoms with Gasteiger partial charge in [-0.1, -0.05) is 17.4 Å². The van der Waals surface area contributed by atoms with E-state index in [1.54, 1.807) is 17.6 Å². The molecule has 1 aromatic carbocycles. The molecule has 1 heterocycles. The van der Waals surface area contributed by atoms with Crippen LogP contribution in [0.3, 0.4) is 0 Å². The van der Waals surface area contributed by atoms with Crippen LogP contribution in [-0.2, 0) is 6.54 Å². The summed E-state index contributed by atoms with van der Waals surface area (Å²) in [5.41, 5.74) is 2.64. The van der Waals surface area contributed by atoms with Crippen molar-refractivity contribution in [3.05, 3.63) is 39.6 Å². The highest BCUT2D eigenvalue weighted by Crippen LogP contribution is 2.18. The largest absolute Gasteiger partial charge is 0.356 e. The van der Waals surface area contributed by atoms with Gasteiger partial charge in [0.05, 0.1) is 4.47 Å². The van der Waals surface area contributed by atoms with E-state index in [1.807, 2.05) is 0 Å². The molecule has 0 bridgehead atoms. The quantitative estimate of drug-likeness (QED) is 0.943. The highest BCUT2D eigenvalue weighted by molar-refractivity contribution is 9.10. The Kier molecular flexibility index (Phi) is 3.27. The van der Waals surface area contributed by atoms with E-state index in [4.69, 9.17) is 0 Å². The number of halogens is 2. The molecule has 1 aromatic heterocycles. The Balaban J connectivity index is 2.02. The molecule has 0 aliphatic rings.